The molecule has 180 valence electrons. The number of aromatic amines is 1. The van der Waals surface area contributed by atoms with Crippen molar-refractivity contribution in [2.24, 2.45) is 0 Å². The van der Waals surface area contributed by atoms with Gasteiger partial charge in [-0.15, -0.1) is 0 Å². The van der Waals surface area contributed by atoms with Gasteiger partial charge in [0.05, 0.1) is 12.7 Å². The average Bonchev–Trinajstić information content (AvgIpc) is 2.85. The molecule has 5 rings (SSSR count). The highest BCUT2D eigenvalue weighted by atomic mass is 16.5. The predicted molar refractivity (Wildman–Crippen MR) is 141 cm³/mol. The Balaban J connectivity index is 1.43. The van der Waals surface area contributed by atoms with Crippen molar-refractivity contribution in [1.82, 2.24) is 19.9 Å². The lowest BCUT2D eigenvalue weighted by Gasteiger charge is -2.35. The molecule has 0 bridgehead atoms. The fourth-order valence-corrected chi connectivity index (χ4v) is 4.73. The predicted octanol–water partition coefficient (Wildman–Crippen LogP) is 4.11. The first-order chi connectivity index (χ1) is 16.9. The monoisotopic (exact) mass is 470 g/mol. The molecule has 0 radical (unpaired) electrons. The lowest BCUT2D eigenvalue weighted by molar-refractivity contribution is 0.312. The number of methoxy groups -OCH3 is 1. The van der Waals surface area contributed by atoms with Gasteiger partial charge in [0.15, 0.2) is 0 Å². The van der Waals surface area contributed by atoms with E-state index in [-0.39, 0.29) is 5.56 Å². The number of piperazine rings is 1. The topological polar surface area (TPSA) is 86.4 Å². The number of nitrogens with one attached hydrogen (secondary N) is 2. The van der Waals surface area contributed by atoms with Gasteiger partial charge in [0.2, 0.25) is 5.95 Å². The van der Waals surface area contributed by atoms with E-state index >= 15 is 0 Å². The molecule has 8 heteroatoms. The van der Waals surface area contributed by atoms with E-state index in [1.807, 2.05) is 37.3 Å². The fraction of sp³-hybridized carbons (Fsp3) is 0.296. The molecule has 0 unspecified atom stereocenters. The normalized spacial score (nSPS) is 14.3. The number of hydrogen-bond acceptors (Lipinski definition) is 7. The van der Waals surface area contributed by atoms with E-state index in [9.17, 15) is 4.79 Å². The van der Waals surface area contributed by atoms with Gasteiger partial charge in [-0.2, -0.15) is 4.98 Å². The van der Waals surface area contributed by atoms with Crippen molar-refractivity contribution in [3.05, 3.63) is 70.1 Å². The maximum absolute atomic E-state index is 13.0. The van der Waals surface area contributed by atoms with Crippen molar-refractivity contribution < 1.29 is 4.74 Å². The third kappa shape index (κ3) is 4.44. The lowest BCUT2D eigenvalue weighted by atomic mass is 9.99. The van der Waals surface area contributed by atoms with Crippen molar-refractivity contribution in [2.75, 3.05) is 50.6 Å². The zero-order valence-corrected chi connectivity index (χ0v) is 20.6. The number of para-hydroxylation sites is 1. The Morgan fingerprint density at radius 1 is 1.06 bits per heavy atom. The van der Waals surface area contributed by atoms with Crippen LogP contribution in [0, 0.1) is 13.8 Å². The molecule has 0 saturated carbocycles. The molecule has 2 N–H and O–H groups in total. The molecule has 4 aromatic rings. The summed E-state index contributed by atoms with van der Waals surface area (Å²) in [6, 6.07) is 13.8. The summed E-state index contributed by atoms with van der Waals surface area (Å²) < 4.78 is 5.47. The molecule has 35 heavy (non-hydrogen) atoms. The first kappa shape index (κ1) is 22.9. The highest BCUT2D eigenvalue weighted by Crippen LogP contribution is 2.32. The van der Waals surface area contributed by atoms with Crippen LogP contribution in [0.15, 0.2) is 53.5 Å². The van der Waals surface area contributed by atoms with Crippen LogP contribution in [0.1, 0.15) is 11.1 Å². The molecule has 2 aromatic carbocycles. The number of anilines is 3. The van der Waals surface area contributed by atoms with E-state index in [1.54, 1.807) is 13.3 Å². The molecule has 8 nitrogen and oxygen atoms in total. The Morgan fingerprint density at radius 2 is 1.83 bits per heavy atom. The van der Waals surface area contributed by atoms with Gasteiger partial charge in [0, 0.05) is 54.7 Å². The third-order valence-corrected chi connectivity index (χ3v) is 6.70. The zero-order chi connectivity index (χ0) is 24.5. The van der Waals surface area contributed by atoms with Crippen LogP contribution < -0.4 is 20.5 Å². The number of pyridine rings is 1. The molecule has 0 amide bonds. The van der Waals surface area contributed by atoms with Gasteiger partial charge in [-0.05, 0) is 56.3 Å². The molecule has 1 aliphatic rings. The largest absolute Gasteiger partial charge is 0.496 e. The minimum absolute atomic E-state index is 0.212. The summed E-state index contributed by atoms with van der Waals surface area (Å²) in [5.74, 6) is 1.08. The molecule has 0 spiro atoms. The quantitative estimate of drug-likeness (QED) is 0.454. The van der Waals surface area contributed by atoms with Gasteiger partial charge in [0.25, 0.3) is 5.56 Å². The SMILES string of the molecule is COc1ccccc1-c1c(C)c2cnc(Nc3ccc(N4CCN(C)CC4)c(C)c3)nc2[nH]c1=O. The summed E-state index contributed by atoms with van der Waals surface area (Å²) in [6.07, 6.45) is 1.75. The van der Waals surface area contributed by atoms with E-state index in [0.717, 1.165) is 48.4 Å². The average molecular weight is 471 g/mol. The van der Waals surface area contributed by atoms with Crippen molar-refractivity contribution in [2.45, 2.75) is 13.8 Å². The number of ether oxygens (including phenoxy) is 1. The summed E-state index contributed by atoms with van der Waals surface area (Å²) in [6.45, 7) is 8.24. The summed E-state index contributed by atoms with van der Waals surface area (Å²) in [7, 11) is 3.76. The molecule has 1 saturated heterocycles. The Morgan fingerprint density at radius 3 is 2.57 bits per heavy atom. The van der Waals surface area contributed by atoms with Crippen LogP contribution in [0.4, 0.5) is 17.3 Å². The number of fused-ring (bicyclic) bond motifs is 1. The van der Waals surface area contributed by atoms with Gasteiger partial charge < -0.3 is 24.8 Å². The molecule has 1 aliphatic heterocycles. The zero-order valence-electron chi connectivity index (χ0n) is 20.6. The molecular formula is C27H30N6O2. The Kier molecular flexibility index (Phi) is 6.13. The second-order valence-corrected chi connectivity index (χ2v) is 9.03. The maximum atomic E-state index is 13.0. The van der Waals surface area contributed by atoms with E-state index in [2.05, 4.69) is 56.2 Å². The van der Waals surface area contributed by atoms with Crippen molar-refractivity contribution in [3.63, 3.8) is 0 Å². The van der Waals surface area contributed by atoms with E-state index < -0.39 is 0 Å². The molecule has 3 heterocycles. The second-order valence-electron chi connectivity index (χ2n) is 9.03. The van der Waals surface area contributed by atoms with Crippen LogP contribution in [0.2, 0.25) is 0 Å². The number of benzene rings is 2. The van der Waals surface area contributed by atoms with E-state index in [0.29, 0.717) is 22.9 Å². The number of likely N-dealkylation sites (N-methyl/N-ethyl adjacent to an activating group) is 1. The Hall–Kier alpha value is -3.91. The van der Waals surface area contributed by atoms with Crippen molar-refractivity contribution in [3.8, 4) is 16.9 Å². The van der Waals surface area contributed by atoms with Gasteiger partial charge in [-0.3, -0.25) is 4.79 Å². The lowest BCUT2D eigenvalue weighted by Crippen LogP contribution is -2.44. The smallest absolute Gasteiger partial charge is 0.257 e. The highest BCUT2D eigenvalue weighted by Gasteiger charge is 2.18. The van der Waals surface area contributed by atoms with Gasteiger partial charge in [-0.25, -0.2) is 4.98 Å². The van der Waals surface area contributed by atoms with Crippen LogP contribution in [0.3, 0.4) is 0 Å². The Bertz CT molecular complexity index is 1440. The number of H-pyrrole nitrogens is 1. The minimum atomic E-state index is -0.212. The van der Waals surface area contributed by atoms with Crippen LogP contribution >= 0.6 is 0 Å². The van der Waals surface area contributed by atoms with E-state index in [1.165, 1.54) is 11.3 Å². The van der Waals surface area contributed by atoms with Crippen LogP contribution in [0.25, 0.3) is 22.2 Å². The van der Waals surface area contributed by atoms with Crippen molar-refractivity contribution >= 4 is 28.4 Å². The van der Waals surface area contributed by atoms with Crippen LogP contribution in [-0.4, -0.2) is 60.2 Å². The number of hydrogen-bond donors (Lipinski definition) is 2. The summed E-state index contributed by atoms with van der Waals surface area (Å²) in [4.78, 5) is 29.9. The summed E-state index contributed by atoms with van der Waals surface area (Å²) in [5, 5.41) is 4.08. The molecule has 0 atom stereocenters. The highest BCUT2D eigenvalue weighted by molar-refractivity contribution is 5.87. The van der Waals surface area contributed by atoms with E-state index in [4.69, 9.17) is 4.74 Å². The Labute approximate surface area is 204 Å². The summed E-state index contributed by atoms with van der Waals surface area (Å²) in [5.41, 5.74) is 5.77. The first-order valence-electron chi connectivity index (χ1n) is 11.8. The van der Waals surface area contributed by atoms with Gasteiger partial charge >= 0.3 is 0 Å². The van der Waals surface area contributed by atoms with Crippen LogP contribution in [-0.2, 0) is 0 Å². The molecule has 0 aliphatic carbocycles. The molecular weight excluding hydrogens is 440 g/mol. The minimum Gasteiger partial charge on any atom is -0.496 e. The standard InChI is InChI=1S/C27H30N6O2/c1-17-15-19(9-10-22(17)33-13-11-32(3)12-14-33)29-27-28-16-21-18(2)24(26(34)30-25(21)31-27)20-7-5-6-8-23(20)35-4/h5-10,15-16H,11-14H2,1-4H3,(H2,28,29,30,31,34). The number of rotatable bonds is 5. The summed E-state index contributed by atoms with van der Waals surface area (Å²) >= 11 is 0. The molecule has 2 aromatic heterocycles. The number of aryl methyl sites for hydroxylation is 2. The fourth-order valence-electron chi connectivity index (χ4n) is 4.73. The number of aromatic nitrogens is 3. The van der Waals surface area contributed by atoms with Gasteiger partial charge in [0.1, 0.15) is 11.4 Å². The van der Waals surface area contributed by atoms with Gasteiger partial charge in [-0.1, -0.05) is 18.2 Å². The second kappa shape index (κ2) is 9.38. The third-order valence-electron chi connectivity index (χ3n) is 6.70. The first-order valence-corrected chi connectivity index (χ1v) is 11.8. The number of nitrogens with zero attached hydrogens (tertiary/aromatic N) is 4. The van der Waals surface area contributed by atoms with Crippen molar-refractivity contribution in [1.29, 1.82) is 0 Å². The maximum Gasteiger partial charge on any atom is 0.257 e. The van der Waals surface area contributed by atoms with Crippen LogP contribution in [0.5, 0.6) is 5.75 Å². The molecule has 1 fully saturated rings.